The third-order valence-corrected chi connectivity index (χ3v) is 3.79. The van der Waals surface area contributed by atoms with Crippen molar-refractivity contribution in [2.75, 3.05) is 18.5 Å². The number of pyridine rings is 1. The van der Waals surface area contributed by atoms with E-state index in [-0.39, 0.29) is 19.1 Å². The Bertz CT molecular complexity index is 923. The van der Waals surface area contributed by atoms with Gasteiger partial charge in [-0.15, -0.1) is 0 Å². The number of nitrogens with one attached hydrogen (secondary N) is 2. The van der Waals surface area contributed by atoms with E-state index in [9.17, 15) is 9.59 Å². The Kier molecular flexibility index (Phi) is 5.66. The standard InChI is InChI=1S/C19H16ClN3O3/c20-14-6-8-15(9-7-14)26-12-18(25)22-11-17(24)23-16-5-1-3-13-4-2-10-21-19(13)16/h1-10H,11-12H2,(H,22,25)(H,23,24). The molecule has 0 saturated heterocycles. The van der Waals surface area contributed by atoms with Crippen molar-refractivity contribution in [3.63, 3.8) is 0 Å². The van der Waals surface area contributed by atoms with Crippen molar-refractivity contribution in [3.8, 4) is 5.75 Å². The van der Waals surface area contributed by atoms with Crippen LogP contribution in [0, 0.1) is 0 Å². The number of benzene rings is 2. The maximum atomic E-state index is 12.1. The normalized spacial score (nSPS) is 10.3. The molecule has 26 heavy (non-hydrogen) atoms. The van der Waals surface area contributed by atoms with Crippen LogP contribution in [-0.2, 0) is 9.59 Å². The first kappa shape index (κ1) is 17.7. The number of carbonyl (C=O) groups is 2. The molecule has 7 heteroatoms. The summed E-state index contributed by atoms with van der Waals surface area (Å²) in [5.41, 5.74) is 1.29. The number of amides is 2. The average Bonchev–Trinajstić information content (AvgIpc) is 2.66. The number of halogens is 1. The van der Waals surface area contributed by atoms with Crippen LogP contribution < -0.4 is 15.4 Å². The summed E-state index contributed by atoms with van der Waals surface area (Å²) in [6.07, 6.45) is 1.66. The molecule has 1 aromatic heterocycles. The van der Waals surface area contributed by atoms with Crippen LogP contribution in [0.25, 0.3) is 10.9 Å². The van der Waals surface area contributed by atoms with E-state index < -0.39 is 5.91 Å². The van der Waals surface area contributed by atoms with Crippen molar-refractivity contribution >= 4 is 40.0 Å². The second kappa shape index (κ2) is 8.31. The zero-order valence-corrected chi connectivity index (χ0v) is 14.5. The van der Waals surface area contributed by atoms with Crippen molar-refractivity contribution in [3.05, 3.63) is 65.8 Å². The first-order chi connectivity index (χ1) is 12.6. The van der Waals surface area contributed by atoms with Crippen molar-refractivity contribution in [2.24, 2.45) is 0 Å². The lowest BCUT2D eigenvalue weighted by atomic mass is 10.2. The minimum absolute atomic E-state index is 0.161. The number of hydrogen-bond donors (Lipinski definition) is 2. The van der Waals surface area contributed by atoms with E-state index in [4.69, 9.17) is 16.3 Å². The van der Waals surface area contributed by atoms with Crippen LogP contribution in [0.4, 0.5) is 5.69 Å². The predicted molar refractivity (Wildman–Crippen MR) is 100 cm³/mol. The molecule has 0 aliphatic heterocycles. The average molecular weight is 370 g/mol. The highest BCUT2D eigenvalue weighted by atomic mass is 35.5. The Labute approximate surface area is 155 Å². The predicted octanol–water partition coefficient (Wildman–Crippen LogP) is 3.02. The molecule has 0 unspecified atom stereocenters. The van der Waals surface area contributed by atoms with Gasteiger partial charge in [0.1, 0.15) is 5.75 Å². The lowest BCUT2D eigenvalue weighted by Crippen LogP contribution is -2.35. The van der Waals surface area contributed by atoms with Crippen molar-refractivity contribution in [2.45, 2.75) is 0 Å². The largest absolute Gasteiger partial charge is 0.484 e. The van der Waals surface area contributed by atoms with E-state index in [0.717, 1.165) is 5.39 Å². The summed E-state index contributed by atoms with van der Waals surface area (Å²) < 4.78 is 5.32. The molecule has 0 fully saturated rings. The summed E-state index contributed by atoms with van der Waals surface area (Å²) in [4.78, 5) is 28.1. The molecule has 2 amide bonds. The smallest absolute Gasteiger partial charge is 0.258 e. The molecule has 0 aliphatic carbocycles. The molecule has 2 N–H and O–H groups in total. The van der Waals surface area contributed by atoms with Crippen LogP contribution in [0.3, 0.4) is 0 Å². The lowest BCUT2D eigenvalue weighted by Gasteiger charge is -2.09. The van der Waals surface area contributed by atoms with Gasteiger partial charge < -0.3 is 15.4 Å². The Morgan fingerprint density at radius 3 is 2.58 bits per heavy atom. The molecule has 0 saturated carbocycles. The molecule has 1 heterocycles. The van der Waals surface area contributed by atoms with Crippen LogP contribution in [0.1, 0.15) is 0 Å². The molecule has 0 radical (unpaired) electrons. The zero-order valence-electron chi connectivity index (χ0n) is 13.7. The molecular formula is C19H16ClN3O3. The van der Waals surface area contributed by atoms with Gasteiger partial charge in [-0.2, -0.15) is 0 Å². The molecule has 0 bridgehead atoms. The summed E-state index contributed by atoms with van der Waals surface area (Å²) in [7, 11) is 0. The van der Waals surface area contributed by atoms with Gasteiger partial charge in [-0.3, -0.25) is 14.6 Å². The quantitative estimate of drug-likeness (QED) is 0.700. The number of rotatable bonds is 6. The number of fused-ring (bicyclic) bond motifs is 1. The van der Waals surface area contributed by atoms with Gasteiger partial charge in [-0.1, -0.05) is 29.8 Å². The highest BCUT2D eigenvalue weighted by Gasteiger charge is 2.09. The number of hydrogen-bond acceptors (Lipinski definition) is 4. The fourth-order valence-corrected chi connectivity index (χ4v) is 2.44. The molecule has 3 rings (SSSR count). The van der Waals surface area contributed by atoms with Gasteiger partial charge in [0.05, 0.1) is 17.7 Å². The maximum absolute atomic E-state index is 12.1. The number of carbonyl (C=O) groups excluding carboxylic acids is 2. The summed E-state index contributed by atoms with van der Waals surface area (Å²) in [5, 5.41) is 6.77. The molecule has 3 aromatic rings. The molecule has 132 valence electrons. The SMILES string of the molecule is O=C(COc1ccc(Cl)cc1)NCC(=O)Nc1cccc2cccnc12. The van der Waals surface area contributed by atoms with Gasteiger partial charge in [0.25, 0.3) is 5.91 Å². The third-order valence-electron chi connectivity index (χ3n) is 3.54. The van der Waals surface area contributed by atoms with E-state index in [1.807, 2.05) is 24.3 Å². The summed E-state index contributed by atoms with van der Waals surface area (Å²) in [6.45, 7) is -0.350. The van der Waals surface area contributed by atoms with E-state index in [1.54, 1.807) is 36.5 Å². The second-order valence-corrected chi connectivity index (χ2v) is 5.88. The van der Waals surface area contributed by atoms with Crippen LogP contribution in [0.2, 0.25) is 5.02 Å². The van der Waals surface area contributed by atoms with Gasteiger partial charge in [0, 0.05) is 16.6 Å². The molecular weight excluding hydrogens is 354 g/mol. The maximum Gasteiger partial charge on any atom is 0.258 e. The summed E-state index contributed by atoms with van der Waals surface area (Å²) in [5.74, 6) is -0.218. The molecule has 6 nitrogen and oxygen atoms in total. The summed E-state index contributed by atoms with van der Waals surface area (Å²) >= 11 is 5.78. The first-order valence-electron chi connectivity index (χ1n) is 7.90. The topological polar surface area (TPSA) is 80.3 Å². The number of anilines is 1. The van der Waals surface area contributed by atoms with E-state index >= 15 is 0 Å². The first-order valence-corrected chi connectivity index (χ1v) is 8.28. The molecule has 0 aliphatic rings. The minimum Gasteiger partial charge on any atom is -0.484 e. The molecule has 0 spiro atoms. The second-order valence-electron chi connectivity index (χ2n) is 5.45. The van der Waals surface area contributed by atoms with Crippen molar-refractivity contribution in [1.29, 1.82) is 0 Å². The zero-order chi connectivity index (χ0) is 18.4. The highest BCUT2D eigenvalue weighted by molar-refractivity contribution is 6.30. The Hall–Kier alpha value is -3.12. The van der Waals surface area contributed by atoms with Crippen LogP contribution in [0.15, 0.2) is 60.8 Å². The number of nitrogens with zero attached hydrogens (tertiary/aromatic N) is 1. The third kappa shape index (κ3) is 4.70. The van der Waals surface area contributed by atoms with Crippen molar-refractivity contribution < 1.29 is 14.3 Å². The minimum atomic E-state index is -0.397. The molecule has 2 aromatic carbocycles. The number of aromatic nitrogens is 1. The highest BCUT2D eigenvalue weighted by Crippen LogP contribution is 2.20. The Morgan fingerprint density at radius 1 is 1.00 bits per heavy atom. The Balaban J connectivity index is 1.49. The summed E-state index contributed by atoms with van der Waals surface area (Å²) in [6, 6.07) is 15.9. The van der Waals surface area contributed by atoms with Gasteiger partial charge in [0.15, 0.2) is 6.61 Å². The van der Waals surface area contributed by atoms with Crippen molar-refractivity contribution in [1.82, 2.24) is 10.3 Å². The lowest BCUT2D eigenvalue weighted by molar-refractivity contribution is -0.125. The fourth-order valence-electron chi connectivity index (χ4n) is 2.31. The van der Waals surface area contributed by atoms with Crippen LogP contribution >= 0.6 is 11.6 Å². The fraction of sp³-hybridized carbons (Fsp3) is 0.105. The van der Waals surface area contributed by atoms with Gasteiger partial charge in [-0.05, 0) is 36.4 Å². The van der Waals surface area contributed by atoms with Gasteiger partial charge in [-0.25, -0.2) is 0 Å². The van der Waals surface area contributed by atoms with Gasteiger partial charge in [0.2, 0.25) is 5.91 Å². The van der Waals surface area contributed by atoms with E-state index in [1.165, 1.54) is 0 Å². The van der Waals surface area contributed by atoms with E-state index in [2.05, 4.69) is 15.6 Å². The monoisotopic (exact) mass is 369 g/mol. The van der Waals surface area contributed by atoms with E-state index in [0.29, 0.717) is 22.0 Å². The van der Waals surface area contributed by atoms with Crippen LogP contribution in [-0.4, -0.2) is 29.9 Å². The number of ether oxygens (including phenoxy) is 1. The van der Waals surface area contributed by atoms with Crippen LogP contribution in [0.5, 0.6) is 5.75 Å². The Morgan fingerprint density at radius 2 is 1.77 bits per heavy atom. The van der Waals surface area contributed by atoms with Gasteiger partial charge >= 0.3 is 0 Å². The molecule has 0 atom stereocenters. The number of para-hydroxylation sites is 1.